The number of aromatic nitrogens is 4. The van der Waals surface area contributed by atoms with Gasteiger partial charge in [0.05, 0.1) is 23.7 Å². The molecule has 1 atom stereocenters. The number of furan rings is 1. The van der Waals surface area contributed by atoms with E-state index in [1.807, 2.05) is 53.1 Å². The molecule has 0 radical (unpaired) electrons. The molecule has 0 fully saturated rings. The molecule has 204 valence electrons. The third-order valence-corrected chi connectivity index (χ3v) is 8.33. The molecule has 6 aromatic rings. The number of carbonyl (C=O) groups excluding carboxylic acids is 1. The lowest BCUT2D eigenvalue weighted by atomic mass is 9.99. The fourth-order valence-corrected chi connectivity index (χ4v) is 6.12. The second-order valence-electron chi connectivity index (χ2n) is 9.14. The molecule has 0 aliphatic heterocycles. The molecule has 1 amide bonds. The van der Waals surface area contributed by atoms with Crippen LogP contribution in [0.25, 0.3) is 17.3 Å². The van der Waals surface area contributed by atoms with Crippen molar-refractivity contribution in [2.75, 3.05) is 0 Å². The van der Waals surface area contributed by atoms with Crippen LogP contribution in [0.15, 0.2) is 118 Å². The van der Waals surface area contributed by atoms with Gasteiger partial charge in [0.15, 0.2) is 10.9 Å². The summed E-state index contributed by atoms with van der Waals surface area (Å²) in [6.07, 6.45) is 2.23. The first-order valence-corrected chi connectivity index (χ1v) is 14.7. The summed E-state index contributed by atoms with van der Waals surface area (Å²) in [5.41, 5.74) is 3.24. The second-order valence-corrected chi connectivity index (χ2v) is 11.0. The van der Waals surface area contributed by atoms with Gasteiger partial charge in [0.2, 0.25) is 5.82 Å². The number of amides is 1. The molecule has 3 heterocycles. The minimum absolute atomic E-state index is 0.195. The standard InChI is InChI=1S/C31H24FN5O2S2/c32-23-13-15-24(16-14-23)37-29(27-12-7-17-39-27)35-36-31(37)41-20-28-33-26(19-40-28)30(38)34-25(22-10-5-2-6-11-22)18-21-8-3-1-4-9-21/h1-17,19,25H,18,20H2,(H,34,38). The van der Waals surface area contributed by atoms with Crippen LogP contribution in [0.2, 0.25) is 0 Å². The Bertz CT molecular complexity index is 1720. The van der Waals surface area contributed by atoms with Gasteiger partial charge in [-0.05, 0) is 53.9 Å². The van der Waals surface area contributed by atoms with Crippen LogP contribution in [-0.2, 0) is 12.2 Å². The lowest BCUT2D eigenvalue weighted by molar-refractivity contribution is 0.0932. The Labute approximate surface area is 244 Å². The van der Waals surface area contributed by atoms with Gasteiger partial charge in [-0.3, -0.25) is 9.36 Å². The molecule has 1 N–H and O–H groups in total. The van der Waals surface area contributed by atoms with E-state index in [1.165, 1.54) is 35.2 Å². The zero-order valence-corrected chi connectivity index (χ0v) is 23.3. The molecule has 0 aliphatic carbocycles. The number of rotatable bonds is 10. The summed E-state index contributed by atoms with van der Waals surface area (Å²) < 4.78 is 21.0. The summed E-state index contributed by atoms with van der Waals surface area (Å²) >= 11 is 2.84. The topological polar surface area (TPSA) is 85.8 Å². The molecule has 7 nitrogen and oxygen atoms in total. The van der Waals surface area contributed by atoms with Crippen molar-refractivity contribution in [3.05, 3.63) is 136 Å². The van der Waals surface area contributed by atoms with E-state index >= 15 is 0 Å². The molecule has 0 bridgehead atoms. The molecule has 10 heteroatoms. The Morgan fingerprint density at radius 2 is 1.71 bits per heavy atom. The highest BCUT2D eigenvalue weighted by atomic mass is 32.2. The molecule has 6 rings (SSSR count). The van der Waals surface area contributed by atoms with E-state index in [0.717, 1.165) is 16.1 Å². The minimum atomic E-state index is -0.331. The van der Waals surface area contributed by atoms with Crippen molar-refractivity contribution in [2.24, 2.45) is 0 Å². The predicted molar refractivity (Wildman–Crippen MR) is 157 cm³/mol. The fourth-order valence-electron chi connectivity index (χ4n) is 4.38. The number of thiazole rings is 1. The van der Waals surface area contributed by atoms with Gasteiger partial charge >= 0.3 is 0 Å². The van der Waals surface area contributed by atoms with E-state index in [4.69, 9.17) is 4.42 Å². The van der Waals surface area contributed by atoms with Crippen LogP contribution >= 0.6 is 23.1 Å². The number of halogens is 1. The minimum Gasteiger partial charge on any atom is -0.461 e. The van der Waals surface area contributed by atoms with Gasteiger partial charge in [0.25, 0.3) is 5.91 Å². The Morgan fingerprint density at radius 1 is 0.951 bits per heavy atom. The number of thioether (sulfide) groups is 1. The quantitative estimate of drug-likeness (QED) is 0.173. The third-order valence-electron chi connectivity index (χ3n) is 6.36. The highest BCUT2D eigenvalue weighted by Gasteiger charge is 2.21. The van der Waals surface area contributed by atoms with Crippen LogP contribution in [-0.4, -0.2) is 25.7 Å². The van der Waals surface area contributed by atoms with Crippen molar-refractivity contribution in [1.82, 2.24) is 25.1 Å². The molecule has 0 aliphatic rings. The molecule has 0 saturated carbocycles. The second kappa shape index (κ2) is 12.3. The van der Waals surface area contributed by atoms with E-state index < -0.39 is 0 Å². The van der Waals surface area contributed by atoms with E-state index in [-0.39, 0.29) is 17.8 Å². The van der Waals surface area contributed by atoms with Gasteiger partial charge < -0.3 is 9.73 Å². The summed E-state index contributed by atoms with van der Waals surface area (Å²) in [6, 6.07) is 29.5. The summed E-state index contributed by atoms with van der Waals surface area (Å²) in [5, 5.41) is 15.0. The number of nitrogens with one attached hydrogen (secondary N) is 1. The molecule has 1 unspecified atom stereocenters. The van der Waals surface area contributed by atoms with E-state index in [0.29, 0.717) is 40.3 Å². The summed E-state index contributed by atoms with van der Waals surface area (Å²) in [5.74, 6) is 0.972. The third kappa shape index (κ3) is 6.29. The maximum absolute atomic E-state index is 13.6. The van der Waals surface area contributed by atoms with Crippen LogP contribution in [0, 0.1) is 5.82 Å². The molecular weight excluding hydrogens is 558 g/mol. The van der Waals surface area contributed by atoms with Crippen LogP contribution in [0.4, 0.5) is 4.39 Å². The van der Waals surface area contributed by atoms with Crippen LogP contribution < -0.4 is 5.32 Å². The number of hydrogen-bond donors (Lipinski definition) is 1. The van der Waals surface area contributed by atoms with Gasteiger partial charge in [-0.2, -0.15) is 0 Å². The Kier molecular flexibility index (Phi) is 8.01. The van der Waals surface area contributed by atoms with Crippen molar-refractivity contribution in [2.45, 2.75) is 23.4 Å². The predicted octanol–water partition coefficient (Wildman–Crippen LogP) is 7.13. The van der Waals surface area contributed by atoms with Crippen molar-refractivity contribution >= 4 is 29.0 Å². The lowest BCUT2D eigenvalue weighted by Gasteiger charge is -2.19. The van der Waals surface area contributed by atoms with Gasteiger partial charge in [-0.1, -0.05) is 72.4 Å². The summed E-state index contributed by atoms with van der Waals surface area (Å²) in [4.78, 5) is 17.9. The number of carbonyl (C=O) groups is 1. The first-order valence-electron chi connectivity index (χ1n) is 12.9. The van der Waals surface area contributed by atoms with Crippen LogP contribution in [0.3, 0.4) is 0 Å². The maximum Gasteiger partial charge on any atom is 0.271 e. The Morgan fingerprint density at radius 3 is 2.44 bits per heavy atom. The highest BCUT2D eigenvalue weighted by Crippen LogP contribution is 2.31. The van der Waals surface area contributed by atoms with Crippen molar-refractivity contribution in [1.29, 1.82) is 0 Å². The molecule has 3 aromatic carbocycles. The largest absolute Gasteiger partial charge is 0.461 e. The average Bonchev–Trinajstić information content (AvgIpc) is 3.78. The van der Waals surface area contributed by atoms with Gasteiger partial charge in [-0.15, -0.1) is 21.5 Å². The maximum atomic E-state index is 13.6. The number of hydrogen-bond acceptors (Lipinski definition) is 7. The van der Waals surface area contributed by atoms with E-state index in [9.17, 15) is 9.18 Å². The first kappa shape index (κ1) is 26.7. The normalized spacial score (nSPS) is 11.8. The van der Waals surface area contributed by atoms with Crippen molar-refractivity contribution in [3.8, 4) is 17.3 Å². The molecule has 0 spiro atoms. The van der Waals surface area contributed by atoms with Crippen molar-refractivity contribution in [3.63, 3.8) is 0 Å². The number of nitrogens with zero attached hydrogens (tertiary/aromatic N) is 4. The lowest BCUT2D eigenvalue weighted by Crippen LogP contribution is -2.30. The molecule has 41 heavy (non-hydrogen) atoms. The molecule has 3 aromatic heterocycles. The Balaban J connectivity index is 1.18. The Hall–Kier alpha value is -4.54. The average molecular weight is 582 g/mol. The summed E-state index contributed by atoms with van der Waals surface area (Å²) in [6.45, 7) is 0. The highest BCUT2D eigenvalue weighted by molar-refractivity contribution is 7.98. The first-order chi connectivity index (χ1) is 20.1. The number of benzene rings is 3. The fraction of sp³-hybridized carbons (Fsp3) is 0.0968. The van der Waals surface area contributed by atoms with Crippen LogP contribution in [0.1, 0.15) is 32.7 Å². The zero-order chi connectivity index (χ0) is 28.0. The summed E-state index contributed by atoms with van der Waals surface area (Å²) in [7, 11) is 0. The molecular formula is C31H24FN5O2S2. The monoisotopic (exact) mass is 581 g/mol. The van der Waals surface area contributed by atoms with E-state index in [1.54, 1.807) is 35.9 Å². The van der Waals surface area contributed by atoms with Gasteiger partial charge in [0, 0.05) is 5.38 Å². The van der Waals surface area contributed by atoms with E-state index in [2.05, 4.69) is 32.6 Å². The van der Waals surface area contributed by atoms with Crippen molar-refractivity contribution < 1.29 is 13.6 Å². The molecule has 0 saturated heterocycles. The van der Waals surface area contributed by atoms with Gasteiger partial charge in [-0.25, -0.2) is 9.37 Å². The smallest absolute Gasteiger partial charge is 0.271 e. The zero-order valence-electron chi connectivity index (χ0n) is 21.7. The SMILES string of the molecule is O=C(NC(Cc1ccccc1)c1ccccc1)c1csc(CSc2nnc(-c3ccco3)n2-c2ccc(F)cc2)n1. The van der Waals surface area contributed by atoms with Crippen LogP contribution in [0.5, 0.6) is 0 Å². The van der Waals surface area contributed by atoms with Gasteiger partial charge in [0.1, 0.15) is 16.5 Å².